The molecule has 0 bridgehead atoms. The highest BCUT2D eigenvalue weighted by Crippen LogP contribution is 2.40. The molecule has 1 saturated carbocycles. The number of methoxy groups -OCH3 is 1. The predicted molar refractivity (Wildman–Crippen MR) is 93.4 cm³/mol. The van der Waals surface area contributed by atoms with Crippen molar-refractivity contribution in [3.63, 3.8) is 0 Å². The summed E-state index contributed by atoms with van der Waals surface area (Å²) in [6.07, 6.45) is 2.13. The Balaban J connectivity index is 1.54. The monoisotopic (exact) mass is 377 g/mol. The van der Waals surface area contributed by atoms with Crippen LogP contribution in [0, 0.1) is 0 Å². The molecular formula is C16H15N3O4S2. The molecule has 1 aliphatic carbocycles. The molecule has 1 N–H and O–H groups in total. The van der Waals surface area contributed by atoms with Crippen molar-refractivity contribution < 1.29 is 17.6 Å². The zero-order valence-electron chi connectivity index (χ0n) is 13.3. The average molecular weight is 377 g/mol. The molecule has 1 aromatic carbocycles. The van der Waals surface area contributed by atoms with Crippen molar-refractivity contribution in [3.8, 4) is 16.5 Å². The van der Waals surface area contributed by atoms with Crippen LogP contribution in [0.15, 0.2) is 45.0 Å². The number of sulfonamides is 1. The van der Waals surface area contributed by atoms with Gasteiger partial charge in [0.1, 0.15) is 9.96 Å². The second kappa shape index (κ2) is 6.16. The SMILES string of the molecule is COc1ccc(NS(=O)(=O)c2ccc(-c3nnc(C4CC4)o3)s2)cc1. The fourth-order valence-electron chi connectivity index (χ4n) is 2.27. The van der Waals surface area contributed by atoms with Crippen molar-refractivity contribution in [3.05, 3.63) is 42.3 Å². The third-order valence-electron chi connectivity index (χ3n) is 3.77. The third kappa shape index (κ3) is 3.38. The Morgan fingerprint density at radius 1 is 1.16 bits per heavy atom. The summed E-state index contributed by atoms with van der Waals surface area (Å²) in [6, 6.07) is 9.88. The number of hydrogen-bond acceptors (Lipinski definition) is 7. The molecule has 4 rings (SSSR count). The number of aromatic nitrogens is 2. The van der Waals surface area contributed by atoms with E-state index in [0.717, 1.165) is 24.2 Å². The summed E-state index contributed by atoms with van der Waals surface area (Å²) in [7, 11) is -2.13. The maximum absolute atomic E-state index is 12.5. The second-order valence-electron chi connectivity index (χ2n) is 5.67. The number of benzene rings is 1. The van der Waals surface area contributed by atoms with E-state index < -0.39 is 10.0 Å². The largest absolute Gasteiger partial charge is 0.497 e. The number of thiophene rings is 1. The molecule has 1 aliphatic rings. The van der Waals surface area contributed by atoms with E-state index in [4.69, 9.17) is 9.15 Å². The van der Waals surface area contributed by atoms with Crippen LogP contribution in [-0.4, -0.2) is 25.7 Å². The molecule has 1 fully saturated rings. The molecule has 3 aromatic rings. The van der Waals surface area contributed by atoms with Gasteiger partial charge in [-0.3, -0.25) is 4.72 Å². The second-order valence-corrected chi connectivity index (χ2v) is 8.67. The molecule has 25 heavy (non-hydrogen) atoms. The van der Waals surface area contributed by atoms with Gasteiger partial charge in [-0.1, -0.05) is 0 Å². The first-order chi connectivity index (χ1) is 12.0. The van der Waals surface area contributed by atoms with Gasteiger partial charge in [-0.05, 0) is 49.2 Å². The van der Waals surface area contributed by atoms with Crippen molar-refractivity contribution in [2.24, 2.45) is 0 Å². The van der Waals surface area contributed by atoms with Gasteiger partial charge >= 0.3 is 0 Å². The molecule has 0 atom stereocenters. The van der Waals surface area contributed by atoms with Crippen LogP contribution in [0.2, 0.25) is 0 Å². The molecule has 130 valence electrons. The summed E-state index contributed by atoms with van der Waals surface area (Å²) in [5.74, 6) is 2.01. The Bertz CT molecular complexity index is 989. The zero-order chi connectivity index (χ0) is 17.4. The zero-order valence-corrected chi connectivity index (χ0v) is 14.9. The van der Waals surface area contributed by atoms with E-state index in [1.54, 1.807) is 37.4 Å². The maximum Gasteiger partial charge on any atom is 0.271 e. The summed E-state index contributed by atoms with van der Waals surface area (Å²) < 4.78 is 38.5. The first-order valence-corrected chi connectivity index (χ1v) is 9.95. The minimum Gasteiger partial charge on any atom is -0.497 e. The summed E-state index contributed by atoms with van der Waals surface area (Å²) in [6.45, 7) is 0. The Labute approximate surface area is 148 Å². The van der Waals surface area contributed by atoms with E-state index in [1.807, 2.05) is 0 Å². The van der Waals surface area contributed by atoms with Gasteiger partial charge in [-0.2, -0.15) is 0 Å². The van der Waals surface area contributed by atoms with Gasteiger partial charge in [-0.25, -0.2) is 8.42 Å². The van der Waals surface area contributed by atoms with Crippen molar-refractivity contribution in [2.45, 2.75) is 23.0 Å². The van der Waals surface area contributed by atoms with Crippen LogP contribution in [0.1, 0.15) is 24.7 Å². The van der Waals surface area contributed by atoms with Crippen LogP contribution in [0.5, 0.6) is 5.75 Å². The first-order valence-electron chi connectivity index (χ1n) is 7.65. The van der Waals surface area contributed by atoms with Crippen molar-refractivity contribution >= 4 is 27.0 Å². The maximum atomic E-state index is 12.5. The first kappa shape index (κ1) is 16.1. The van der Waals surface area contributed by atoms with Gasteiger partial charge in [0.2, 0.25) is 5.89 Å². The fourth-order valence-corrected chi connectivity index (χ4v) is 4.56. The molecule has 2 aromatic heterocycles. The highest BCUT2D eigenvalue weighted by atomic mass is 32.2. The Kier molecular flexibility index (Phi) is 3.97. The topological polar surface area (TPSA) is 94.3 Å². The Hall–Kier alpha value is -2.39. The molecule has 0 aliphatic heterocycles. The number of ether oxygens (including phenoxy) is 1. The molecule has 0 saturated heterocycles. The minimum absolute atomic E-state index is 0.185. The Morgan fingerprint density at radius 3 is 2.60 bits per heavy atom. The lowest BCUT2D eigenvalue weighted by Gasteiger charge is -2.06. The van der Waals surface area contributed by atoms with Gasteiger partial charge in [0.15, 0.2) is 0 Å². The average Bonchev–Trinajstić information content (AvgIpc) is 3.12. The highest BCUT2D eigenvalue weighted by molar-refractivity contribution is 7.94. The van der Waals surface area contributed by atoms with E-state index in [0.29, 0.717) is 34.0 Å². The fraction of sp³-hybridized carbons (Fsp3) is 0.250. The molecule has 2 heterocycles. The summed E-state index contributed by atoms with van der Waals surface area (Å²) in [4.78, 5) is 0.634. The third-order valence-corrected chi connectivity index (χ3v) is 6.71. The quantitative estimate of drug-likeness (QED) is 0.707. The van der Waals surface area contributed by atoms with E-state index in [9.17, 15) is 8.42 Å². The number of anilines is 1. The van der Waals surface area contributed by atoms with E-state index in [2.05, 4.69) is 14.9 Å². The molecule has 7 nitrogen and oxygen atoms in total. The van der Waals surface area contributed by atoms with Gasteiger partial charge < -0.3 is 9.15 Å². The lowest BCUT2D eigenvalue weighted by Crippen LogP contribution is -2.11. The van der Waals surface area contributed by atoms with Crippen LogP contribution >= 0.6 is 11.3 Å². The van der Waals surface area contributed by atoms with Crippen LogP contribution in [-0.2, 0) is 10.0 Å². The number of nitrogens with zero attached hydrogens (tertiary/aromatic N) is 2. The lowest BCUT2D eigenvalue weighted by atomic mass is 10.3. The predicted octanol–water partition coefficient (Wildman–Crippen LogP) is 3.48. The van der Waals surface area contributed by atoms with Gasteiger partial charge in [-0.15, -0.1) is 21.5 Å². The summed E-state index contributed by atoms with van der Waals surface area (Å²) in [5, 5.41) is 8.03. The van der Waals surface area contributed by atoms with Crippen molar-refractivity contribution in [2.75, 3.05) is 11.8 Å². The molecule has 0 unspecified atom stereocenters. The van der Waals surface area contributed by atoms with Gasteiger partial charge in [0, 0.05) is 11.6 Å². The van der Waals surface area contributed by atoms with Crippen LogP contribution in [0.4, 0.5) is 5.69 Å². The molecule has 0 radical (unpaired) electrons. The minimum atomic E-state index is -3.68. The highest BCUT2D eigenvalue weighted by Gasteiger charge is 2.30. The van der Waals surface area contributed by atoms with Gasteiger partial charge in [0.05, 0.1) is 12.0 Å². The molecule has 9 heteroatoms. The molecule has 0 spiro atoms. The molecular weight excluding hydrogens is 362 g/mol. The van der Waals surface area contributed by atoms with Crippen molar-refractivity contribution in [1.29, 1.82) is 0 Å². The van der Waals surface area contributed by atoms with Crippen molar-refractivity contribution in [1.82, 2.24) is 10.2 Å². The van der Waals surface area contributed by atoms with E-state index >= 15 is 0 Å². The van der Waals surface area contributed by atoms with Crippen LogP contribution in [0.3, 0.4) is 0 Å². The normalized spacial score (nSPS) is 14.4. The Morgan fingerprint density at radius 2 is 1.92 bits per heavy atom. The number of hydrogen-bond donors (Lipinski definition) is 1. The standard InChI is InChI=1S/C16H15N3O4S2/c1-22-12-6-4-11(5-7-12)19-25(20,21)14-9-8-13(24-14)16-18-17-15(23-16)10-2-3-10/h4-10,19H,2-3H2,1H3. The van der Waals surface area contributed by atoms with Gasteiger partial charge in [0.25, 0.3) is 15.9 Å². The summed E-state index contributed by atoms with van der Waals surface area (Å²) in [5.41, 5.74) is 0.463. The van der Waals surface area contributed by atoms with E-state index in [1.165, 1.54) is 6.07 Å². The number of nitrogens with one attached hydrogen (secondary N) is 1. The van der Waals surface area contributed by atoms with Crippen LogP contribution < -0.4 is 9.46 Å². The smallest absolute Gasteiger partial charge is 0.271 e. The van der Waals surface area contributed by atoms with Crippen LogP contribution in [0.25, 0.3) is 10.8 Å². The number of rotatable bonds is 6. The lowest BCUT2D eigenvalue weighted by molar-refractivity contribution is 0.415. The molecule has 0 amide bonds. The summed E-state index contributed by atoms with van der Waals surface area (Å²) >= 11 is 1.09. The van der Waals surface area contributed by atoms with E-state index in [-0.39, 0.29) is 4.21 Å².